The lowest BCUT2D eigenvalue weighted by atomic mass is 9.93. The molecule has 4 aromatic carbocycles. The van der Waals surface area contributed by atoms with Crippen molar-refractivity contribution >= 4 is 21.6 Å². The highest BCUT2D eigenvalue weighted by Crippen LogP contribution is 2.32. The van der Waals surface area contributed by atoms with E-state index >= 15 is 0 Å². The Balaban J connectivity index is 0.000000178. The van der Waals surface area contributed by atoms with Gasteiger partial charge in [0, 0.05) is 84.0 Å². The van der Waals surface area contributed by atoms with E-state index in [-0.39, 0.29) is 12.1 Å². The van der Waals surface area contributed by atoms with E-state index in [0.29, 0.717) is 5.82 Å². The lowest BCUT2D eigenvalue weighted by molar-refractivity contribution is 0.0630. The number of aromatic nitrogens is 4. The Morgan fingerprint density at radius 2 is 0.969 bits per heavy atom. The van der Waals surface area contributed by atoms with Crippen LogP contribution in [0.5, 0.6) is 11.5 Å². The maximum atomic E-state index is 13.1. The lowest BCUT2D eigenvalue weighted by Crippen LogP contribution is -2.51. The van der Waals surface area contributed by atoms with Gasteiger partial charge in [-0.3, -0.25) is 19.6 Å². The molecule has 13 nitrogen and oxygen atoms in total. The number of H-pyrrole nitrogens is 1. The van der Waals surface area contributed by atoms with Gasteiger partial charge in [-0.15, -0.1) is 10.2 Å². The number of rotatable bonds is 13. The molecule has 2 saturated heterocycles. The van der Waals surface area contributed by atoms with Crippen LogP contribution in [0, 0.1) is 11.3 Å². The number of piperazine rings is 2. The second kappa shape index (κ2) is 23.1. The SMILES string of the molecule is COc1ccc(S(=O)c2ccc(C(C#N)N3CCN(C4CCCCC4)CC3)cc2)cc1.COc1ccc(S(=O)c2ccc(C(c3nn[nH]n3)N3CCN(C4CCCCC4)CC3)cc2)cc1. The zero-order valence-corrected chi connectivity index (χ0v) is 39.4. The van der Waals surface area contributed by atoms with E-state index in [1.807, 2.05) is 97.1 Å². The molecule has 0 amide bonds. The van der Waals surface area contributed by atoms with E-state index in [9.17, 15) is 13.7 Å². The number of ether oxygens (including phenoxy) is 2. The monoisotopic (exact) mass is 917 g/mol. The van der Waals surface area contributed by atoms with Crippen LogP contribution in [-0.4, -0.2) is 127 Å². The fraction of sp³-hybridized carbons (Fsp3) is 0.480. The van der Waals surface area contributed by atoms with Gasteiger partial charge in [-0.25, -0.2) is 8.42 Å². The average molecular weight is 918 g/mol. The summed E-state index contributed by atoms with van der Waals surface area (Å²) < 4.78 is 36.3. The van der Waals surface area contributed by atoms with Crippen molar-refractivity contribution in [2.75, 3.05) is 66.6 Å². The topological polar surface area (TPSA) is 144 Å². The molecule has 1 aromatic heterocycles. The molecule has 2 saturated carbocycles. The molecule has 15 heteroatoms. The van der Waals surface area contributed by atoms with Crippen molar-refractivity contribution in [3.05, 3.63) is 114 Å². The third-order valence-electron chi connectivity index (χ3n) is 13.7. The second-order valence-corrected chi connectivity index (χ2v) is 20.4. The molecular weight excluding hydrogens is 855 g/mol. The molecule has 0 radical (unpaired) electrons. The van der Waals surface area contributed by atoms with Crippen molar-refractivity contribution in [3.63, 3.8) is 0 Å². The molecule has 2 aliphatic carbocycles. The van der Waals surface area contributed by atoms with Gasteiger partial charge in [-0.2, -0.15) is 10.5 Å². The summed E-state index contributed by atoms with van der Waals surface area (Å²) in [5.41, 5.74) is 2.06. The Morgan fingerprint density at radius 3 is 1.35 bits per heavy atom. The predicted octanol–water partition coefficient (Wildman–Crippen LogP) is 7.79. The first kappa shape index (κ1) is 46.7. The van der Waals surface area contributed by atoms with Crippen molar-refractivity contribution in [2.24, 2.45) is 0 Å². The van der Waals surface area contributed by atoms with Crippen molar-refractivity contribution in [3.8, 4) is 17.6 Å². The maximum absolute atomic E-state index is 13.1. The van der Waals surface area contributed by atoms with Gasteiger partial charge in [0.2, 0.25) is 0 Å². The fourth-order valence-corrected chi connectivity index (χ4v) is 12.1. The molecule has 5 aromatic rings. The Morgan fingerprint density at radius 1 is 0.569 bits per heavy atom. The predicted molar refractivity (Wildman–Crippen MR) is 253 cm³/mol. The molecule has 2 aliphatic heterocycles. The van der Waals surface area contributed by atoms with E-state index in [0.717, 1.165) is 107 Å². The van der Waals surface area contributed by atoms with Crippen LogP contribution >= 0.6 is 0 Å². The van der Waals surface area contributed by atoms with Crippen molar-refractivity contribution in [1.29, 1.82) is 5.26 Å². The summed E-state index contributed by atoms with van der Waals surface area (Å²) in [5.74, 6) is 2.18. The van der Waals surface area contributed by atoms with Crippen molar-refractivity contribution in [1.82, 2.24) is 40.2 Å². The van der Waals surface area contributed by atoms with Gasteiger partial charge in [0.25, 0.3) is 0 Å². The number of nitriles is 1. The number of hydrogen-bond donors (Lipinski definition) is 1. The Hall–Kier alpha value is -4.82. The number of methoxy groups -OCH3 is 2. The molecule has 65 heavy (non-hydrogen) atoms. The summed E-state index contributed by atoms with van der Waals surface area (Å²) in [6.07, 6.45) is 13.5. The second-order valence-electron chi connectivity index (χ2n) is 17.5. The first-order chi connectivity index (χ1) is 31.9. The molecule has 0 spiro atoms. The summed E-state index contributed by atoms with van der Waals surface area (Å²) in [6, 6.07) is 34.0. The van der Waals surface area contributed by atoms with Crippen molar-refractivity contribution in [2.45, 2.75) is 108 Å². The minimum absolute atomic E-state index is 0.0734. The highest BCUT2D eigenvalue weighted by molar-refractivity contribution is 7.85. The fourth-order valence-electron chi connectivity index (χ4n) is 10.0. The summed E-state index contributed by atoms with van der Waals surface area (Å²) >= 11 is 0. The lowest BCUT2D eigenvalue weighted by Gasteiger charge is -2.42. The minimum atomic E-state index is -1.25. The zero-order valence-electron chi connectivity index (χ0n) is 37.8. The Kier molecular flexibility index (Phi) is 16.6. The number of benzene rings is 4. The molecule has 4 atom stereocenters. The van der Waals surface area contributed by atoms with E-state index in [4.69, 9.17) is 9.47 Å². The summed E-state index contributed by atoms with van der Waals surface area (Å²) in [5, 5.41) is 25.0. The average Bonchev–Trinajstić information content (AvgIpc) is 3.92. The van der Waals surface area contributed by atoms with E-state index < -0.39 is 21.6 Å². The van der Waals surface area contributed by atoms with Crippen LogP contribution in [0.3, 0.4) is 0 Å². The molecular formula is C50H63N9O4S2. The molecule has 0 bridgehead atoms. The third kappa shape index (κ3) is 11.8. The number of aromatic amines is 1. The van der Waals surface area contributed by atoms with Gasteiger partial charge in [0.05, 0.1) is 47.9 Å². The van der Waals surface area contributed by atoms with Crippen LogP contribution in [0.25, 0.3) is 0 Å². The molecule has 9 rings (SSSR count). The highest BCUT2D eigenvalue weighted by Gasteiger charge is 2.33. The van der Waals surface area contributed by atoms with Crippen LogP contribution in [0.4, 0.5) is 0 Å². The molecule has 4 aliphatic rings. The normalized spacial score (nSPS) is 20.4. The molecule has 4 unspecified atom stereocenters. The third-order valence-corrected chi connectivity index (χ3v) is 16.5. The molecule has 4 fully saturated rings. The number of tetrazole rings is 1. The quantitative estimate of drug-likeness (QED) is 0.123. The van der Waals surface area contributed by atoms with E-state index in [1.165, 1.54) is 64.2 Å². The number of nitrogens with one attached hydrogen (secondary N) is 1. The first-order valence-corrected chi connectivity index (χ1v) is 25.6. The first-order valence-electron chi connectivity index (χ1n) is 23.3. The zero-order chi connectivity index (χ0) is 45.0. The highest BCUT2D eigenvalue weighted by atomic mass is 32.2. The molecule has 344 valence electrons. The standard InChI is InChI=1S/C25H32N6O2S.C25H31N3O2S/c1-33-21-9-13-23(14-10-21)34(32)22-11-7-19(8-12-22)24(25-26-28-29-27-25)31-17-15-30(16-18-31)20-5-3-2-4-6-20;1-30-22-9-13-24(14-10-22)31(29)23-11-7-20(8-12-23)25(19-26)28-17-15-27(16-18-28)21-5-3-2-4-6-21/h7-14,20,24H,2-6,15-18H2,1H3,(H,26,27,28,29);7-14,21,25H,2-6,15-18H2,1H3. The Labute approximate surface area is 389 Å². The minimum Gasteiger partial charge on any atom is -0.497 e. The Bertz CT molecular complexity index is 2300. The van der Waals surface area contributed by atoms with Crippen LogP contribution < -0.4 is 9.47 Å². The van der Waals surface area contributed by atoms with Gasteiger partial charge in [0.15, 0.2) is 5.82 Å². The molecule has 3 heterocycles. The molecule has 1 N–H and O–H groups in total. The van der Waals surface area contributed by atoms with Gasteiger partial charge in [0.1, 0.15) is 17.5 Å². The number of hydrogen-bond acceptors (Lipinski definition) is 12. The number of nitrogens with zero attached hydrogens (tertiary/aromatic N) is 8. The van der Waals surface area contributed by atoms with Crippen LogP contribution in [0.15, 0.2) is 117 Å². The van der Waals surface area contributed by atoms with E-state index in [1.54, 1.807) is 14.2 Å². The van der Waals surface area contributed by atoms with Gasteiger partial charge in [-0.05, 0) is 110 Å². The van der Waals surface area contributed by atoms with Gasteiger partial charge < -0.3 is 9.47 Å². The van der Waals surface area contributed by atoms with E-state index in [2.05, 4.69) is 46.3 Å². The van der Waals surface area contributed by atoms with Gasteiger partial charge in [-0.1, -0.05) is 68.0 Å². The van der Waals surface area contributed by atoms with Crippen molar-refractivity contribution < 1.29 is 17.9 Å². The summed E-state index contributed by atoms with van der Waals surface area (Å²) in [4.78, 5) is 13.0. The van der Waals surface area contributed by atoms with Crippen LogP contribution in [0.1, 0.15) is 93.2 Å². The summed E-state index contributed by atoms with van der Waals surface area (Å²) in [7, 11) is 0.738. The largest absolute Gasteiger partial charge is 0.497 e. The maximum Gasteiger partial charge on any atom is 0.196 e. The van der Waals surface area contributed by atoms with Gasteiger partial charge >= 0.3 is 0 Å². The van der Waals surface area contributed by atoms with Crippen LogP contribution in [-0.2, 0) is 21.6 Å². The summed E-state index contributed by atoms with van der Waals surface area (Å²) in [6.45, 7) is 8.01. The van der Waals surface area contributed by atoms with Crippen LogP contribution in [0.2, 0.25) is 0 Å². The smallest absolute Gasteiger partial charge is 0.196 e.